The lowest BCUT2D eigenvalue weighted by atomic mass is 10.1. The van der Waals surface area contributed by atoms with E-state index in [2.05, 4.69) is 5.32 Å². The molecular formula is C20H15FN2O6. The summed E-state index contributed by atoms with van der Waals surface area (Å²) < 4.78 is 23.6. The number of esters is 1. The van der Waals surface area contributed by atoms with E-state index < -0.39 is 35.8 Å². The van der Waals surface area contributed by atoms with Gasteiger partial charge in [0.05, 0.1) is 11.1 Å². The number of amides is 3. The largest absolute Gasteiger partial charge is 0.450 e. The highest BCUT2D eigenvalue weighted by atomic mass is 19.1. The number of para-hydroxylation sites is 1. The van der Waals surface area contributed by atoms with Crippen LogP contribution < -0.4 is 16.1 Å². The summed E-state index contributed by atoms with van der Waals surface area (Å²) in [5, 5.41) is 4.34. The molecule has 1 aromatic heterocycles. The van der Waals surface area contributed by atoms with Gasteiger partial charge in [0, 0.05) is 6.07 Å². The number of aryl methyl sites for hydroxylation is 1. The number of nitrogens with one attached hydrogen (secondary N) is 2. The third-order valence-corrected chi connectivity index (χ3v) is 3.79. The topological polar surface area (TPSA) is 115 Å². The van der Waals surface area contributed by atoms with Crippen LogP contribution in [-0.4, -0.2) is 24.5 Å². The highest BCUT2D eigenvalue weighted by molar-refractivity contribution is 6.02. The number of anilines is 1. The molecule has 9 heteroatoms. The lowest BCUT2D eigenvalue weighted by molar-refractivity contribution is -0.123. The summed E-state index contributed by atoms with van der Waals surface area (Å²) >= 11 is 0. The third-order valence-electron chi connectivity index (χ3n) is 3.79. The van der Waals surface area contributed by atoms with Crippen molar-refractivity contribution in [3.05, 3.63) is 75.9 Å². The lowest BCUT2D eigenvalue weighted by Gasteiger charge is -2.08. The van der Waals surface area contributed by atoms with E-state index in [-0.39, 0.29) is 17.0 Å². The van der Waals surface area contributed by atoms with Crippen molar-refractivity contribution in [3.63, 3.8) is 0 Å². The zero-order chi connectivity index (χ0) is 21.0. The van der Waals surface area contributed by atoms with E-state index in [1.807, 2.05) is 12.2 Å². The van der Waals surface area contributed by atoms with E-state index in [4.69, 9.17) is 9.15 Å². The number of imide groups is 1. The van der Waals surface area contributed by atoms with Crippen molar-refractivity contribution in [1.29, 1.82) is 0 Å². The summed E-state index contributed by atoms with van der Waals surface area (Å²) in [6.07, 6.45) is 0. The molecule has 148 valence electrons. The van der Waals surface area contributed by atoms with E-state index in [9.17, 15) is 23.6 Å². The maximum Gasteiger partial charge on any atom is 0.374 e. The number of hydrogen-bond acceptors (Lipinski definition) is 6. The molecule has 0 aliphatic heterocycles. The van der Waals surface area contributed by atoms with Gasteiger partial charge >= 0.3 is 12.0 Å². The van der Waals surface area contributed by atoms with Gasteiger partial charge in [-0.25, -0.2) is 14.0 Å². The van der Waals surface area contributed by atoms with Gasteiger partial charge in [0.15, 0.2) is 12.0 Å². The Hall–Kier alpha value is -4.01. The molecule has 0 bridgehead atoms. The second-order valence-electron chi connectivity index (χ2n) is 6.03. The quantitative estimate of drug-likeness (QED) is 0.653. The Labute approximate surface area is 163 Å². The Morgan fingerprint density at radius 2 is 1.86 bits per heavy atom. The Morgan fingerprint density at radius 1 is 1.10 bits per heavy atom. The van der Waals surface area contributed by atoms with E-state index in [1.54, 1.807) is 18.2 Å². The summed E-state index contributed by atoms with van der Waals surface area (Å²) in [4.78, 5) is 47.6. The van der Waals surface area contributed by atoms with Crippen molar-refractivity contribution >= 4 is 34.6 Å². The van der Waals surface area contributed by atoms with Crippen molar-refractivity contribution in [3.8, 4) is 0 Å². The molecule has 0 aliphatic carbocycles. The summed E-state index contributed by atoms with van der Waals surface area (Å²) in [6, 6.07) is 10.2. The number of halogens is 1. The van der Waals surface area contributed by atoms with Crippen LogP contribution in [0.25, 0.3) is 11.0 Å². The second-order valence-corrected chi connectivity index (χ2v) is 6.03. The van der Waals surface area contributed by atoms with Crippen LogP contribution in [0.3, 0.4) is 0 Å². The minimum absolute atomic E-state index is 0.122. The van der Waals surface area contributed by atoms with Gasteiger partial charge in [-0.05, 0) is 31.2 Å². The second kappa shape index (κ2) is 8.34. The van der Waals surface area contributed by atoms with Gasteiger partial charge in [-0.15, -0.1) is 0 Å². The van der Waals surface area contributed by atoms with Crippen molar-refractivity contribution < 1.29 is 27.9 Å². The van der Waals surface area contributed by atoms with Crippen LogP contribution in [-0.2, 0) is 9.53 Å². The Morgan fingerprint density at radius 3 is 2.62 bits per heavy atom. The van der Waals surface area contributed by atoms with Crippen LogP contribution in [0.1, 0.15) is 16.1 Å². The lowest BCUT2D eigenvalue weighted by Crippen LogP contribution is -2.37. The number of rotatable bonds is 4. The first kappa shape index (κ1) is 19.7. The zero-order valence-electron chi connectivity index (χ0n) is 15.2. The minimum atomic E-state index is -1.05. The predicted molar refractivity (Wildman–Crippen MR) is 101 cm³/mol. The highest BCUT2D eigenvalue weighted by Gasteiger charge is 2.17. The van der Waals surface area contributed by atoms with Crippen molar-refractivity contribution in [1.82, 2.24) is 5.32 Å². The van der Waals surface area contributed by atoms with E-state index in [1.165, 1.54) is 18.2 Å². The maximum atomic E-state index is 13.5. The van der Waals surface area contributed by atoms with Crippen LogP contribution in [0, 0.1) is 12.7 Å². The highest BCUT2D eigenvalue weighted by Crippen LogP contribution is 2.15. The van der Waals surface area contributed by atoms with Crippen LogP contribution in [0.2, 0.25) is 0 Å². The first-order valence-electron chi connectivity index (χ1n) is 8.40. The number of ether oxygens (including phenoxy) is 1. The predicted octanol–water partition coefficient (Wildman–Crippen LogP) is 2.75. The molecule has 2 aromatic carbocycles. The van der Waals surface area contributed by atoms with Gasteiger partial charge in [0.25, 0.3) is 5.91 Å². The molecule has 2 N–H and O–H groups in total. The molecule has 0 spiro atoms. The number of benzene rings is 2. The molecule has 0 saturated heterocycles. The third kappa shape index (κ3) is 4.83. The van der Waals surface area contributed by atoms with Crippen molar-refractivity contribution in [2.24, 2.45) is 0 Å². The molecule has 0 aliphatic rings. The summed E-state index contributed by atoms with van der Waals surface area (Å²) in [6.45, 7) is 1.00. The molecular weight excluding hydrogens is 383 g/mol. The number of carbonyl (C=O) groups excluding carboxylic acids is 3. The minimum Gasteiger partial charge on any atom is -0.450 e. The molecule has 1 heterocycles. The van der Waals surface area contributed by atoms with Crippen LogP contribution >= 0.6 is 0 Å². The fraction of sp³-hybridized carbons (Fsp3) is 0.100. The molecule has 3 rings (SSSR count). The first-order chi connectivity index (χ1) is 13.8. The normalized spacial score (nSPS) is 10.4. The summed E-state index contributed by atoms with van der Waals surface area (Å²) in [7, 11) is 0. The molecule has 0 atom stereocenters. The number of hydrogen-bond donors (Lipinski definition) is 2. The van der Waals surface area contributed by atoms with Crippen LogP contribution in [0.4, 0.5) is 14.9 Å². The molecule has 8 nitrogen and oxygen atoms in total. The Balaban J connectivity index is 1.59. The summed E-state index contributed by atoms with van der Waals surface area (Å²) in [5.41, 5.74) is 0.493. The Bertz CT molecular complexity index is 1170. The van der Waals surface area contributed by atoms with E-state index in [0.29, 0.717) is 5.39 Å². The zero-order valence-corrected chi connectivity index (χ0v) is 15.2. The SMILES string of the molecule is Cc1ccc2oc(C(=O)OCC(=O)NC(=O)Nc3ccccc3F)cc(=O)c2c1. The van der Waals surface area contributed by atoms with Gasteiger partial charge in [0.1, 0.15) is 11.4 Å². The van der Waals surface area contributed by atoms with Gasteiger partial charge in [-0.2, -0.15) is 0 Å². The smallest absolute Gasteiger partial charge is 0.374 e. The van der Waals surface area contributed by atoms with Gasteiger partial charge in [0.2, 0.25) is 5.76 Å². The van der Waals surface area contributed by atoms with Gasteiger partial charge in [-0.1, -0.05) is 23.8 Å². The molecule has 0 unspecified atom stereocenters. The monoisotopic (exact) mass is 398 g/mol. The number of urea groups is 1. The van der Waals surface area contributed by atoms with Crippen molar-refractivity contribution in [2.45, 2.75) is 6.92 Å². The van der Waals surface area contributed by atoms with Crippen LogP contribution in [0.5, 0.6) is 0 Å². The summed E-state index contributed by atoms with van der Waals surface area (Å²) in [5.74, 6) is -3.06. The number of fused-ring (bicyclic) bond motifs is 1. The molecule has 0 saturated carbocycles. The van der Waals surface area contributed by atoms with Crippen LogP contribution in [0.15, 0.2) is 57.7 Å². The average Bonchev–Trinajstić information content (AvgIpc) is 2.68. The fourth-order valence-corrected chi connectivity index (χ4v) is 2.45. The first-order valence-corrected chi connectivity index (χ1v) is 8.40. The van der Waals surface area contributed by atoms with E-state index >= 15 is 0 Å². The van der Waals surface area contributed by atoms with E-state index in [0.717, 1.165) is 17.7 Å². The molecule has 3 amide bonds. The average molecular weight is 398 g/mol. The Kier molecular flexibility index (Phi) is 5.68. The molecule has 3 aromatic rings. The molecule has 0 radical (unpaired) electrons. The maximum absolute atomic E-state index is 13.5. The number of carbonyl (C=O) groups is 3. The molecule has 29 heavy (non-hydrogen) atoms. The standard InChI is InChI=1S/C20H15FN2O6/c1-11-6-7-16-12(8-11)15(24)9-17(29-16)19(26)28-10-18(25)23-20(27)22-14-5-3-2-4-13(14)21/h2-9H,10H2,1H3,(H2,22,23,25,27). The molecule has 0 fully saturated rings. The van der Waals surface area contributed by atoms with Gasteiger partial charge < -0.3 is 14.5 Å². The van der Waals surface area contributed by atoms with Gasteiger partial charge in [-0.3, -0.25) is 14.9 Å². The van der Waals surface area contributed by atoms with Crippen molar-refractivity contribution in [2.75, 3.05) is 11.9 Å². The fourth-order valence-electron chi connectivity index (χ4n) is 2.45.